The van der Waals surface area contributed by atoms with Gasteiger partial charge in [0.05, 0.1) is 6.54 Å². The van der Waals surface area contributed by atoms with E-state index in [1.165, 1.54) is 0 Å². The zero-order valence-electron chi connectivity index (χ0n) is 8.32. The second-order valence-corrected chi connectivity index (χ2v) is 3.79. The van der Waals surface area contributed by atoms with Crippen molar-refractivity contribution in [1.29, 1.82) is 0 Å². The van der Waals surface area contributed by atoms with Crippen molar-refractivity contribution in [3.05, 3.63) is 33.8 Å². The summed E-state index contributed by atoms with van der Waals surface area (Å²) in [5.74, 6) is -0.130. The first-order chi connectivity index (χ1) is 7.49. The molecular formula is C9H11Cl2N5. The fourth-order valence-electron chi connectivity index (χ4n) is 0.984. The molecule has 16 heavy (non-hydrogen) atoms. The smallest absolute Gasteiger partial charge is 0.218 e. The molecule has 0 saturated heterocycles. The Morgan fingerprint density at radius 3 is 2.44 bits per heavy atom. The highest BCUT2D eigenvalue weighted by molar-refractivity contribution is 6.35. The van der Waals surface area contributed by atoms with Crippen LogP contribution in [0.15, 0.2) is 28.2 Å². The average Bonchev–Trinajstić information content (AvgIpc) is 2.15. The lowest BCUT2D eigenvalue weighted by atomic mass is 10.2. The monoisotopic (exact) mass is 259 g/mol. The van der Waals surface area contributed by atoms with Crippen LogP contribution in [0.1, 0.15) is 5.56 Å². The quantitative estimate of drug-likeness (QED) is 0.547. The van der Waals surface area contributed by atoms with Gasteiger partial charge in [0.1, 0.15) is 0 Å². The van der Waals surface area contributed by atoms with Gasteiger partial charge in [-0.05, 0) is 17.7 Å². The van der Waals surface area contributed by atoms with Crippen LogP contribution in [0.2, 0.25) is 10.0 Å². The van der Waals surface area contributed by atoms with E-state index in [1.807, 2.05) is 0 Å². The van der Waals surface area contributed by atoms with Gasteiger partial charge in [-0.1, -0.05) is 29.3 Å². The SMILES string of the molecule is NC(N)=NC(N)=NCc1ccc(Cl)cc1Cl. The van der Waals surface area contributed by atoms with Crippen LogP contribution in [0.25, 0.3) is 0 Å². The zero-order chi connectivity index (χ0) is 12.1. The summed E-state index contributed by atoms with van der Waals surface area (Å²) < 4.78 is 0. The summed E-state index contributed by atoms with van der Waals surface area (Å²) in [6.07, 6.45) is 0. The molecule has 0 saturated carbocycles. The molecule has 0 unspecified atom stereocenters. The van der Waals surface area contributed by atoms with Crippen LogP contribution in [0.5, 0.6) is 0 Å². The summed E-state index contributed by atoms with van der Waals surface area (Å²) >= 11 is 11.7. The molecule has 7 heteroatoms. The lowest BCUT2D eigenvalue weighted by Gasteiger charge is -2.01. The molecular weight excluding hydrogens is 249 g/mol. The van der Waals surface area contributed by atoms with Crippen molar-refractivity contribution in [1.82, 2.24) is 0 Å². The molecule has 0 atom stereocenters. The molecule has 6 N–H and O–H groups in total. The topological polar surface area (TPSA) is 103 Å². The number of aliphatic imine (C=N–C) groups is 2. The lowest BCUT2D eigenvalue weighted by molar-refractivity contribution is 1.05. The molecule has 1 rings (SSSR count). The van der Waals surface area contributed by atoms with Gasteiger partial charge in [-0.25, -0.2) is 4.99 Å². The van der Waals surface area contributed by atoms with Crippen LogP contribution < -0.4 is 17.2 Å². The number of rotatable bonds is 2. The molecule has 0 spiro atoms. The molecule has 0 heterocycles. The van der Waals surface area contributed by atoms with Gasteiger partial charge in [0.25, 0.3) is 0 Å². The lowest BCUT2D eigenvalue weighted by Crippen LogP contribution is -2.26. The highest BCUT2D eigenvalue weighted by atomic mass is 35.5. The summed E-state index contributed by atoms with van der Waals surface area (Å²) in [6, 6.07) is 5.11. The van der Waals surface area contributed by atoms with E-state index in [1.54, 1.807) is 18.2 Å². The highest BCUT2D eigenvalue weighted by Crippen LogP contribution is 2.21. The number of nitrogens with zero attached hydrogens (tertiary/aromatic N) is 2. The Morgan fingerprint density at radius 2 is 1.88 bits per heavy atom. The largest absolute Gasteiger partial charge is 0.370 e. The second kappa shape index (κ2) is 5.58. The van der Waals surface area contributed by atoms with Crippen LogP contribution in [-0.4, -0.2) is 11.9 Å². The van der Waals surface area contributed by atoms with E-state index >= 15 is 0 Å². The molecule has 0 aliphatic heterocycles. The first-order valence-electron chi connectivity index (χ1n) is 4.32. The van der Waals surface area contributed by atoms with Gasteiger partial charge in [-0.3, -0.25) is 0 Å². The van der Waals surface area contributed by atoms with Gasteiger partial charge in [0.15, 0.2) is 5.96 Å². The number of nitrogens with two attached hydrogens (primary N) is 3. The molecule has 1 aromatic carbocycles. The molecule has 5 nitrogen and oxygen atoms in total. The molecule has 0 amide bonds. The maximum atomic E-state index is 5.94. The van der Waals surface area contributed by atoms with Gasteiger partial charge in [0, 0.05) is 10.0 Å². The van der Waals surface area contributed by atoms with E-state index in [0.717, 1.165) is 5.56 Å². The Kier molecular flexibility index (Phi) is 4.39. The minimum Gasteiger partial charge on any atom is -0.370 e. The fourth-order valence-corrected chi connectivity index (χ4v) is 1.45. The van der Waals surface area contributed by atoms with Crippen molar-refractivity contribution in [3.8, 4) is 0 Å². The van der Waals surface area contributed by atoms with Crippen molar-refractivity contribution in [2.24, 2.45) is 27.2 Å². The molecule has 1 aromatic rings. The summed E-state index contributed by atoms with van der Waals surface area (Å²) in [7, 11) is 0. The number of hydrogen-bond acceptors (Lipinski definition) is 1. The Labute approximate surface area is 103 Å². The molecule has 0 aliphatic rings. The van der Waals surface area contributed by atoms with Crippen molar-refractivity contribution in [2.45, 2.75) is 6.54 Å². The summed E-state index contributed by atoms with van der Waals surface area (Å²) in [5.41, 5.74) is 16.5. The molecule has 0 aliphatic carbocycles. The molecule has 0 bridgehead atoms. The number of hydrogen-bond donors (Lipinski definition) is 3. The van der Waals surface area contributed by atoms with Crippen LogP contribution in [0, 0.1) is 0 Å². The normalized spacial score (nSPS) is 11.2. The fraction of sp³-hybridized carbons (Fsp3) is 0.111. The van der Waals surface area contributed by atoms with Gasteiger partial charge in [-0.2, -0.15) is 4.99 Å². The minimum atomic E-state index is -0.136. The molecule has 0 radical (unpaired) electrons. The second-order valence-electron chi connectivity index (χ2n) is 2.95. The van der Waals surface area contributed by atoms with Crippen LogP contribution in [-0.2, 0) is 6.54 Å². The van der Waals surface area contributed by atoms with Gasteiger partial charge < -0.3 is 17.2 Å². The molecule has 0 fully saturated rings. The van der Waals surface area contributed by atoms with Gasteiger partial charge in [0.2, 0.25) is 5.96 Å². The van der Waals surface area contributed by atoms with E-state index in [0.29, 0.717) is 16.6 Å². The van der Waals surface area contributed by atoms with E-state index in [9.17, 15) is 0 Å². The van der Waals surface area contributed by atoms with E-state index in [2.05, 4.69) is 9.98 Å². The third-order valence-electron chi connectivity index (χ3n) is 1.67. The Balaban J connectivity index is 2.78. The van der Waals surface area contributed by atoms with Crippen LogP contribution in [0.4, 0.5) is 0 Å². The van der Waals surface area contributed by atoms with Gasteiger partial charge >= 0.3 is 0 Å². The maximum Gasteiger partial charge on any atom is 0.218 e. The standard InChI is InChI=1S/C9H11Cl2N5/c10-6-2-1-5(7(11)3-6)4-15-9(14)16-8(12)13/h1-3H,4H2,(H6,12,13,14,15,16). The van der Waals surface area contributed by atoms with Crippen LogP contribution in [0.3, 0.4) is 0 Å². The van der Waals surface area contributed by atoms with Gasteiger partial charge in [-0.15, -0.1) is 0 Å². The zero-order valence-corrected chi connectivity index (χ0v) is 9.83. The Morgan fingerprint density at radius 1 is 1.19 bits per heavy atom. The number of benzene rings is 1. The predicted molar refractivity (Wildman–Crippen MR) is 67.6 cm³/mol. The summed E-state index contributed by atoms with van der Waals surface area (Å²) in [4.78, 5) is 7.51. The first-order valence-corrected chi connectivity index (χ1v) is 5.08. The van der Waals surface area contributed by atoms with Crippen molar-refractivity contribution >= 4 is 35.1 Å². The van der Waals surface area contributed by atoms with Crippen molar-refractivity contribution < 1.29 is 0 Å². The third kappa shape index (κ3) is 3.96. The number of guanidine groups is 2. The van der Waals surface area contributed by atoms with E-state index in [-0.39, 0.29) is 11.9 Å². The minimum absolute atomic E-state index is 0.00557. The Bertz CT molecular complexity index is 438. The highest BCUT2D eigenvalue weighted by Gasteiger charge is 2.00. The Hall–Kier alpha value is -1.46. The van der Waals surface area contributed by atoms with Crippen molar-refractivity contribution in [2.75, 3.05) is 0 Å². The van der Waals surface area contributed by atoms with Crippen molar-refractivity contribution in [3.63, 3.8) is 0 Å². The molecule has 0 aromatic heterocycles. The van der Waals surface area contributed by atoms with Crippen LogP contribution >= 0.6 is 23.2 Å². The number of halogens is 2. The summed E-state index contributed by atoms with van der Waals surface area (Å²) in [6.45, 7) is 0.290. The predicted octanol–water partition coefficient (Wildman–Crippen LogP) is 1.08. The summed E-state index contributed by atoms with van der Waals surface area (Å²) in [5, 5.41) is 1.09. The maximum absolute atomic E-state index is 5.94. The third-order valence-corrected chi connectivity index (χ3v) is 2.26. The first kappa shape index (κ1) is 12.6. The average molecular weight is 260 g/mol. The van der Waals surface area contributed by atoms with E-state index in [4.69, 9.17) is 40.4 Å². The molecule has 86 valence electrons. The van der Waals surface area contributed by atoms with E-state index < -0.39 is 0 Å².